The largest absolute Gasteiger partial charge is 0.366 e. The fraction of sp³-hybridized carbons (Fsp3) is 0.176. The smallest absolute Gasteiger partial charge is 0.241 e. The summed E-state index contributed by atoms with van der Waals surface area (Å²) in [5.74, 6) is 0.914. The van der Waals surface area contributed by atoms with E-state index in [1.807, 2.05) is 41.1 Å². The predicted octanol–water partition coefficient (Wildman–Crippen LogP) is 4.31. The third-order valence-electron chi connectivity index (χ3n) is 4.24. The van der Waals surface area contributed by atoms with Gasteiger partial charge in [0.05, 0.1) is 22.1 Å². The van der Waals surface area contributed by atoms with Gasteiger partial charge < -0.3 is 11.1 Å². The molecule has 0 bridgehead atoms. The third-order valence-corrected chi connectivity index (χ3v) is 4.97. The molecule has 0 aliphatic carbocycles. The van der Waals surface area contributed by atoms with Crippen LogP contribution >= 0.6 is 23.2 Å². The fourth-order valence-corrected chi connectivity index (χ4v) is 3.40. The second-order valence-corrected chi connectivity index (χ2v) is 6.59. The van der Waals surface area contributed by atoms with Crippen molar-refractivity contribution in [2.45, 2.75) is 18.5 Å². The number of nitrogen functional groups attached to an aromatic ring is 1. The summed E-state index contributed by atoms with van der Waals surface area (Å²) in [4.78, 5) is 4.30. The number of anilines is 2. The molecule has 3 aromatic rings. The number of nitrogens with zero attached hydrogens (tertiary/aromatic N) is 3. The van der Waals surface area contributed by atoms with E-state index in [9.17, 15) is 0 Å². The molecule has 2 aromatic carbocycles. The van der Waals surface area contributed by atoms with E-state index >= 15 is 0 Å². The van der Waals surface area contributed by atoms with Crippen LogP contribution in [-0.4, -0.2) is 14.8 Å². The maximum absolute atomic E-state index is 6.18. The highest BCUT2D eigenvalue weighted by atomic mass is 35.5. The van der Waals surface area contributed by atoms with Gasteiger partial charge in [-0.15, -0.1) is 5.10 Å². The Balaban J connectivity index is 1.76. The number of hydrogen-bond acceptors (Lipinski definition) is 4. The summed E-state index contributed by atoms with van der Waals surface area (Å²) in [7, 11) is 0. The van der Waals surface area contributed by atoms with Gasteiger partial charge in [0.15, 0.2) is 0 Å². The Morgan fingerprint density at radius 1 is 1.04 bits per heavy atom. The van der Waals surface area contributed by atoms with Crippen LogP contribution in [0.4, 0.5) is 11.9 Å². The lowest BCUT2D eigenvalue weighted by Gasteiger charge is -2.31. The van der Waals surface area contributed by atoms with Crippen LogP contribution in [0.5, 0.6) is 0 Å². The molecule has 0 unspecified atom stereocenters. The van der Waals surface area contributed by atoms with E-state index in [4.69, 9.17) is 28.9 Å². The molecule has 4 rings (SSSR count). The second kappa shape index (κ2) is 6.00. The van der Waals surface area contributed by atoms with Crippen LogP contribution in [0.3, 0.4) is 0 Å². The van der Waals surface area contributed by atoms with Gasteiger partial charge in [-0.3, -0.25) is 0 Å². The molecule has 0 saturated carbocycles. The van der Waals surface area contributed by atoms with E-state index < -0.39 is 0 Å². The van der Waals surface area contributed by atoms with Crippen molar-refractivity contribution >= 4 is 35.1 Å². The average Bonchev–Trinajstić information content (AvgIpc) is 2.97. The molecule has 1 aliphatic rings. The van der Waals surface area contributed by atoms with E-state index in [0.29, 0.717) is 16.0 Å². The molecule has 0 amide bonds. The van der Waals surface area contributed by atoms with E-state index in [1.54, 1.807) is 0 Å². The molecule has 122 valence electrons. The zero-order valence-corrected chi connectivity index (χ0v) is 14.2. The molecule has 2 atom stereocenters. The first kappa shape index (κ1) is 15.3. The Morgan fingerprint density at radius 2 is 1.83 bits per heavy atom. The van der Waals surface area contributed by atoms with E-state index in [0.717, 1.165) is 17.5 Å². The predicted molar refractivity (Wildman–Crippen MR) is 96.5 cm³/mol. The molecule has 1 aromatic heterocycles. The minimum Gasteiger partial charge on any atom is -0.366 e. The zero-order valence-electron chi connectivity index (χ0n) is 12.7. The van der Waals surface area contributed by atoms with E-state index in [1.165, 1.54) is 0 Å². The molecule has 7 heteroatoms. The summed E-state index contributed by atoms with van der Waals surface area (Å²) in [6, 6.07) is 16.0. The van der Waals surface area contributed by atoms with Gasteiger partial charge in [-0.1, -0.05) is 59.6 Å². The summed E-state index contributed by atoms with van der Waals surface area (Å²) in [5, 5.41) is 8.82. The van der Waals surface area contributed by atoms with Gasteiger partial charge in [-0.05, 0) is 29.7 Å². The standard InChI is InChI=1S/C17H15Cl2N5/c18-12-7-6-11(8-13(12)19)14-9-15(10-4-2-1-3-5-10)24-17(21-14)22-16(20)23-24/h1-8,14-15H,9H2,(H3,20,21,22,23)/t14-,15+/m0/s1. The number of rotatable bonds is 2. The Bertz CT molecular complexity index is 878. The fourth-order valence-electron chi connectivity index (χ4n) is 3.09. The normalized spacial score (nSPS) is 19.6. The lowest BCUT2D eigenvalue weighted by Crippen LogP contribution is -2.28. The zero-order chi connectivity index (χ0) is 16.7. The summed E-state index contributed by atoms with van der Waals surface area (Å²) >= 11 is 12.2. The number of nitrogens with one attached hydrogen (secondary N) is 1. The molecular weight excluding hydrogens is 345 g/mol. The maximum atomic E-state index is 6.18. The van der Waals surface area contributed by atoms with Crippen LogP contribution in [0.15, 0.2) is 48.5 Å². The SMILES string of the molecule is Nc1nc2n(n1)[C@@H](c1ccccc1)C[C@@H](c1ccc(Cl)c(Cl)c1)N2. The maximum Gasteiger partial charge on any atom is 0.241 e. The van der Waals surface area contributed by atoms with E-state index in [-0.39, 0.29) is 18.0 Å². The average molecular weight is 360 g/mol. The van der Waals surface area contributed by atoms with E-state index in [2.05, 4.69) is 27.5 Å². The molecule has 0 saturated heterocycles. The van der Waals surface area contributed by atoms with Crippen molar-refractivity contribution in [3.63, 3.8) is 0 Å². The molecule has 0 fully saturated rings. The Hall–Kier alpha value is -2.24. The molecule has 5 nitrogen and oxygen atoms in total. The lowest BCUT2D eigenvalue weighted by atomic mass is 9.93. The number of fused-ring (bicyclic) bond motifs is 1. The summed E-state index contributed by atoms with van der Waals surface area (Å²) in [5.41, 5.74) is 8.02. The van der Waals surface area contributed by atoms with Crippen molar-refractivity contribution < 1.29 is 0 Å². The van der Waals surface area contributed by atoms with Crippen LogP contribution in [0.25, 0.3) is 0 Å². The Kier molecular flexibility index (Phi) is 3.82. The molecule has 3 N–H and O–H groups in total. The van der Waals surface area contributed by atoms with Crippen molar-refractivity contribution in [1.29, 1.82) is 0 Å². The first-order chi connectivity index (χ1) is 11.6. The number of benzene rings is 2. The van der Waals surface area contributed by atoms with Crippen LogP contribution < -0.4 is 11.1 Å². The Morgan fingerprint density at radius 3 is 2.58 bits per heavy atom. The van der Waals surface area contributed by atoms with Crippen molar-refractivity contribution in [3.05, 3.63) is 69.7 Å². The minimum atomic E-state index is 0.0427. The van der Waals surface area contributed by atoms with Gasteiger partial charge in [0.1, 0.15) is 0 Å². The molecular formula is C17H15Cl2N5. The highest BCUT2D eigenvalue weighted by Crippen LogP contribution is 2.39. The van der Waals surface area contributed by atoms with Crippen molar-refractivity contribution in [2.24, 2.45) is 0 Å². The lowest BCUT2D eigenvalue weighted by molar-refractivity contribution is 0.431. The molecule has 0 spiro atoms. The molecule has 1 aliphatic heterocycles. The summed E-state index contributed by atoms with van der Waals surface area (Å²) in [6.45, 7) is 0. The summed E-state index contributed by atoms with van der Waals surface area (Å²) < 4.78 is 1.85. The van der Waals surface area contributed by atoms with Crippen molar-refractivity contribution in [1.82, 2.24) is 14.8 Å². The topological polar surface area (TPSA) is 68.8 Å². The Labute approximate surface area is 149 Å². The minimum absolute atomic E-state index is 0.0427. The van der Waals surface area contributed by atoms with Gasteiger partial charge >= 0.3 is 0 Å². The first-order valence-electron chi connectivity index (χ1n) is 7.60. The van der Waals surface area contributed by atoms with Crippen molar-refractivity contribution in [3.8, 4) is 0 Å². The van der Waals surface area contributed by atoms with Gasteiger partial charge in [0.25, 0.3) is 0 Å². The quantitative estimate of drug-likeness (QED) is 0.714. The molecule has 2 heterocycles. The van der Waals surface area contributed by atoms with Gasteiger partial charge in [0.2, 0.25) is 11.9 Å². The number of halogens is 2. The highest BCUT2D eigenvalue weighted by Gasteiger charge is 2.30. The van der Waals surface area contributed by atoms with Gasteiger partial charge in [0, 0.05) is 0 Å². The monoisotopic (exact) mass is 359 g/mol. The van der Waals surface area contributed by atoms with Crippen molar-refractivity contribution in [2.75, 3.05) is 11.1 Å². The third kappa shape index (κ3) is 2.70. The van der Waals surface area contributed by atoms with Crippen LogP contribution in [0.2, 0.25) is 10.0 Å². The second-order valence-electron chi connectivity index (χ2n) is 5.77. The molecule has 0 radical (unpaired) electrons. The highest BCUT2D eigenvalue weighted by molar-refractivity contribution is 6.42. The number of hydrogen-bond donors (Lipinski definition) is 2. The number of nitrogens with two attached hydrogens (primary N) is 1. The van der Waals surface area contributed by atoms with Gasteiger partial charge in [-0.25, -0.2) is 4.68 Å². The first-order valence-corrected chi connectivity index (χ1v) is 8.36. The number of aromatic nitrogens is 3. The van der Waals surface area contributed by atoms with Crippen LogP contribution in [0.1, 0.15) is 29.6 Å². The van der Waals surface area contributed by atoms with Crippen LogP contribution in [0, 0.1) is 0 Å². The van der Waals surface area contributed by atoms with Gasteiger partial charge in [-0.2, -0.15) is 4.98 Å². The molecule has 24 heavy (non-hydrogen) atoms. The van der Waals surface area contributed by atoms with Crippen LogP contribution in [-0.2, 0) is 0 Å². The summed E-state index contributed by atoms with van der Waals surface area (Å²) in [6.07, 6.45) is 0.803.